The zero-order chi connectivity index (χ0) is 13.0. The van der Waals surface area contributed by atoms with Crippen molar-refractivity contribution in [2.75, 3.05) is 13.6 Å². The molecule has 2 aliphatic rings. The van der Waals surface area contributed by atoms with E-state index in [-0.39, 0.29) is 5.54 Å². The quantitative estimate of drug-likeness (QED) is 0.818. The number of nitrogens with zero attached hydrogens (tertiary/aromatic N) is 2. The summed E-state index contributed by atoms with van der Waals surface area (Å²) in [7, 11) is 1.94. The highest BCUT2D eigenvalue weighted by molar-refractivity contribution is 5.10. The van der Waals surface area contributed by atoms with Crippen LogP contribution in [0.3, 0.4) is 0 Å². The van der Waals surface area contributed by atoms with Crippen molar-refractivity contribution in [2.24, 2.45) is 0 Å². The highest BCUT2D eigenvalue weighted by atomic mass is 15.2. The summed E-state index contributed by atoms with van der Waals surface area (Å²) in [6.45, 7) is 3.60. The third-order valence-corrected chi connectivity index (χ3v) is 4.99. The van der Waals surface area contributed by atoms with Crippen molar-refractivity contribution >= 4 is 0 Å². The fraction of sp³-hybridized carbons (Fsp3) is 0.933. The Hall–Kier alpha value is -0.590. The molecule has 1 aliphatic heterocycles. The van der Waals surface area contributed by atoms with Gasteiger partial charge < -0.3 is 5.32 Å². The summed E-state index contributed by atoms with van der Waals surface area (Å²) in [6, 6.07) is 3.84. The predicted molar refractivity (Wildman–Crippen MR) is 74.3 cm³/mol. The molecule has 3 atom stereocenters. The molecule has 1 heterocycles. The Bertz CT molecular complexity index is 309. The Labute approximate surface area is 112 Å². The van der Waals surface area contributed by atoms with Gasteiger partial charge in [0.1, 0.15) is 5.54 Å². The number of hydrogen-bond acceptors (Lipinski definition) is 3. The Balaban J connectivity index is 2.05. The highest BCUT2D eigenvalue weighted by Gasteiger charge is 2.38. The van der Waals surface area contributed by atoms with Crippen molar-refractivity contribution < 1.29 is 0 Å². The molecule has 0 radical (unpaired) electrons. The van der Waals surface area contributed by atoms with Crippen molar-refractivity contribution in [1.29, 1.82) is 5.26 Å². The predicted octanol–water partition coefficient (Wildman–Crippen LogP) is 2.68. The summed E-state index contributed by atoms with van der Waals surface area (Å²) < 4.78 is 0. The van der Waals surface area contributed by atoms with Gasteiger partial charge in [0.05, 0.1) is 6.07 Å². The van der Waals surface area contributed by atoms with E-state index in [2.05, 4.69) is 23.2 Å². The molecule has 3 nitrogen and oxygen atoms in total. The monoisotopic (exact) mass is 249 g/mol. The van der Waals surface area contributed by atoms with Gasteiger partial charge in [0.15, 0.2) is 0 Å². The SMILES string of the molecule is CNC1(C#N)CCCC(N2CCCCCC2C)C1. The fourth-order valence-corrected chi connectivity index (χ4v) is 3.75. The minimum atomic E-state index is -0.269. The first kappa shape index (κ1) is 13.8. The molecule has 3 heteroatoms. The Kier molecular flexibility index (Phi) is 4.64. The summed E-state index contributed by atoms with van der Waals surface area (Å²) in [5.74, 6) is 0. The normalized spacial score (nSPS) is 38.9. The van der Waals surface area contributed by atoms with Crippen LogP contribution in [0.2, 0.25) is 0 Å². The zero-order valence-electron chi connectivity index (χ0n) is 11.9. The van der Waals surface area contributed by atoms with Crippen LogP contribution in [-0.2, 0) is 0 Å². The molecule has 0 amide bonds. The molecule has 0 aromatic carbocycles. The van der Waals surface area contributed by atoms with E-state index >= 15 is 0 Å². The minimum Gasteiger partial charge on any atom is -0.302 e. The molecule has 18 heavy (non-hydrogen) atoms. The zero-order valence-corrected chi connectivity index (χ0v) is 11.9. The average Bonchev–Trinajstić information content (AvgIpc) is 2.63. The van der Waals surface area contributed by atoms with E-state index in [4.69, 9.17) is 0 Å². The van der Waals surface area contributed by atoms with Crippen LogP contribution in [-0.4, -0.2) is 36.1 Å². The molecule has 1 saturated carbocycles. The molecule has 1 aliphatic carbocycles. The molecule has 0 aromatic rings. The van der Waals surface area contributed by atoms with Crippen molar-refractivity contribution in [3.05, 3.63) is 0 Å². The first-order chi connectivity index (χ1) is 8.71. The third kappa shape index (κ3) is 2.87. The lowest BCUT2D eigenvalue weighted by atomic mass is 9.79. The van der Waals surface area contributed by atoms with E-state index < -0.39 is 0 Å². The number of rotatable bonds is 2. The van der Waals surface area contributed by atoms with Crippen molar-refractivity contribution in [3.8, 4) is 6.07 Å². The largest absolute Gasteiger partial charge is 0.302 e. The molecule has 0 aromatic heterocycles. The summed E-state index contributed by atoms with van der Waals surface area (Å²) >= 11 is 0. The van der Waals surface area contributed by atoms with E-state index in [9.17, 15) is 5.26 Å². The van der Waals surface area contributed by atoms with Gasteiger partial charge in [-0.25, -0.2) is 0 Å². The molecule has 3 unspecified atom stereocenters. The maximum atomic E-state index is 9.45. The third-order valence-electron chi connectivity index (χ3n) is 4.99. The molecular weight excluding hydrogens is 222 g/mol. The minimum absolute atomic E-state index is 0.269. The van der Waals surface area contributed by atoms with Gasteiger partial charge in [-0.1, -0.05) is 12.8 Å². The van der Waals surface area contributed by atoms with E-state index in [1.54, 1.807) is 0 Å². The average molecular weight is 249 g/mol. The number of likely N-dealkylation sites (tertiary alicyclic amines) is 1. The van der Waals surface area contributed by atoms with Crippen LogP contribution < -0.4 is 5.32 Å². The second kappa shape index (κ2) is 6.04. The van der Waals surface area contributed by atoms with Crippen LogP contribution in [0.4, 0.5) is 0 Å². The molecular formula is C15H27N3. The van der Waals surface area contributed by atoms with Gasteiger partial charge in [-0.05, 0) is 59.0 Å². The number of hydrogen-bond donors (Lipinski definition) is 1. The van der Waals surface area contributed by atoms with Gasteiger partial charge in [-0.2, -0.15) is 5.26 Å². The highest BCUT2D eigenvalue weighted by Crippen LogP contribution is 2.33. The lowest BCUT2D eigenvalue weighted by Gasteiger charge is -2.43. The van der Waals surface area contributed by atoms with E-state index in [0.29, 0.717) is 12.1 Å². The number of nitriles is 1. The number of nitrogens with one attached hydrogen (secondary N) is 1. The van der Waals surface area contributed by atoms with Crippen LogP contribution >= 0.6 is 0 Å². The Morgan fingerprint density at radius 3 is 2.78 bits per heavy atom. The van der Waals surface area contributed by atoms with Gasteiger partial charge in [0.2, 0.25) is 0 Å². The van der Waals surface area contributed by atoms with Crippen molar-refractivity contribution in [2.45, 2.75) is 75.9 Å². The van der Waals surface area contributed by atoms with Gasteiger partial charge in [-0.15, -0.1) is 0 Å². The topological polar surface area (TPSA) is 39.1 Å². The van der Waals surface area contributed by atoms with Crippen LogP contribution in [0.1, 0.15) is 58.3 Å². The summed E-state index contributed by atoms with van der Waals surface area (Å²) in [4.78, 5) is 2.69. The van der Waals surface area contributed by atoms with Crippen LogP contribution in [0, 0.1) is 11.3 Å². The Morgan fingerprint density at radius 1 is 1.22 bits per heavy atom. The molecule has 2 fully saturated rings. The van der Waals surface area contributed by atoms with Crippen molar-refractivity contribution in [1.82, 2.24) is 10.2 Å². The first-order valence-electron chi connectivity index (χ1n) is 7.57. The molecule has 102 valence electrons. The maximum Gasteiger partial charge on any atom is 0.108 e. The maximum absolute atomic E-state index is 9.45. The molecule has 1 N–H and O–H groups in total. The lowest BCUT2D eigenvalue weighted by molar-refractivity contribution is 0.0903. The summed E-state index contributed by atoms with van der Waals surface area (Å²) in [6.07, 6.45) is 9.89. The smallest absolute Gasteiger partial charge is 0.108 e. The van der Waals surface area contributed by atoms with Crippen molar-refractivity contribution in [3.63, 3.8) is 0 Å². The lowest BCUT2D eigenvalue weighted by Crippen LogP contribution is -2.53. The van der Waals surface area contributed by atoms with E-state index in [1.165, 1.54) is 45.1 Å². The van der Waals surface area contributed by atoms with Gasteiger partial charge in [0.25, 0.3) is 0 Å². The van der Waals surface area contributed by atoms with Gasteiger partial charge >= 0.3 is 0 Å². The van der Waals surface area contributed by atoms with E-state index in [1.807, 2.05) is 7.05 Å². The first-order valence-corrected chi connectivity index (χ1v) is 7.57. The molecule has 2 rings (SSSR count). The van der Waals surface area contributed by atoms with Crippen LogP contribution in [0.15, 0.2) is 0 Å². The summed E-state index contributed by atoms with van der Waals surface area (Å²) in [5.41, 5.74) is -0.269. The fourth-order valence-electron chi connectivity index (χ4n) is 3.75. The second-order valence-corrected chi connectivity index (χ2v) is 6.13. The van der Waals surface area contributed by atoms with Crippen LogP contribution in [0.25, 0.3) is 0 Å². The molecule has 0 spiro atoms. The Morgan fingerprint density at radius 2 is 2.06 bits per heavy atom. The molecule has 0 bridgehead atoms. The standard InChI is InChI=1S/C15H27N3/c1-13-7-4-3-5-10-18(13)14-8-6-9-15(11-14,12-16)17-2/h13-14,17H,3-11H2,1-2H3. The van der Waals surface area contributed by atoms with E-state index in [0.717, 1.165) is 12.8 Å². The second-order valence-electron chi connectivity index (χ2n) is 6.13. The van der Waals surface area contributed by atoms with Gasteiger partial charge in [-0.3, -0.25) is 4.90 Å². The van der Waals surface area contributed by atoms with Gasteiger partial charge in [0, 0.05) is 12.1 Å². The molecule has 1 saturated heterocycles. The van der Waals surface area contributed by atoms with Crippen LogP contribution in [0.5, 0.6) is 0 Å². The summed E-state index contributed by atoms with van der Waals surface area (Å²) in [5, 5.41) is 12.7.